The second-order valence-electron chi connectivity index (χ2n) is 9.44. The van der Waals surface area contributed by atoms with Crippen molar-refractivity contribution in [3.05, 3.63) is 120 Å². The highest BCUT2D eigenvalue weighted by Gasteiger charge is 2.23. The highest BCUT2D eigenvalue weighted by Crippen LogP contribution is 2.37. The number of aromatic nitrogens is 1. The molecule has 1 aromatic heterocycles. The highest BCUT2D eigenvalue weighted by atomic mass is 32.2. The first-order valence-corrected chi connectivity index (χ1v) is 14.6. The van der Waals surface area contributed by atoms with Gasteiger partial charge in [-0.25, -0.2) is 4.39 Å². The van der Waals surface area contributed by atoms with Crippen LogP contribution in [0.15, 0.2) is 103 Å². The summed E-state index contributed by atoms with van der Waals surface area (Å²) in [5.41, 5.74) is 2.50. The van der Waals surface area contributed by atoms with Gasteiger partial charge in [-0.1, -0.05) is 60.7 Å². The van der Waals surface area contributed by atoms with Crippen LogP contribution in [-0.2, 0) is 23.2 Å². The standard InChI is InChI=1S/C32H30FN3O5S/c1-39-31-20-26-28(21-32(31)40-2)34-17-15-29(26)41-30-14-13-25(19-27(30)33)35-42(37,38)36(22-24-11-7-4-8-12-24)18-16-23-9-5-3-6-10-23/h3-15,17,19-21,35H,16,18,22H2,1-2H3. The maximum absolute atomic E-state index is 15.3. The molecule has 1 heterocycles. The van der Waals surface area contributed by atoms with E-state index in [9.17, 15) is 8.42 Å². The molecule has 4 aromatic carbocycles. The zero-order valence-electron chi connectivity index (χ0n) is 23.2. The number of hydrogen-bond donors (Lipinski definition) is 1. The van der Waals surface area contributed by atoms with Gasteiger partial charge in [0.1, 0.15) is 5.75 Å². The molecule has 0 bridgehead atoms. The van der Waals surface area contributed by atoms with Crippen molar-refractivity contribution in [2.45, 2.75) is 13.0 Å². The third-order valence-corrected chi connectivity index (χ3v) is 8.13. The van der Waals surface area contributed by atoms with E-state index < -0.39 is 16.0 Å². The number of benzene rings is 4. The molecule has 0 aliphatic heterocycles. The molecule has 0 aliphatic carbocycles. The molecular weight excluding hydrogens is 557 g/mol. The van der Waals surface area contributed by atoms with Crippen molar-refractivity contribution < 1.29 is 27.0 Å². The van der Waals surface area contributed by atoms with Gasteiger partial charge in [-0.15, -0.1) is 0 Å². The molecule has 0 amide bonds. The maximum atomic E-state index is 15.3. The van der Waals surface area contributed by atoms with Crippen LogP contribution in [0, 0.1) is 5.82 Å². The average molecular weight is 588 g/mol. The first kappa shape index (κ1) is 28.8. The van der Waals surface area contributed by atoms with Gasteiger partial charge in [-0.3, -0.25) is 9.71 Å². The van der Waals surface area contributed by atoms with E-state index in [-0.39, 0.29) is 24.5 Å². The van der Waals surface area contributed by atoms with Crippen LogP contribution in [0.4, 0.5) is 10.1 Å². The Morgan fingerprint density at radius 2 is 1.45 bits per heavy atom. The molecule has 0 unspecified atom stereocenters. The molecule has 216 valence electrons. The lowest BCUT2D eigenvalue weighted by molar-refractivity contribution is 0.355. The summed E-state index contributed by atoms with van der Waals surface area (Å²) in [6.45, 7) is 0.400. The van der Waals surface area contributed by atoms with E-state index in [1.165, 1.54) is 30.7 Å². The van der Waals surface area contributed by atoms with Gasteiger partial charge in [0.05, 0.1) is 25.4 Å². The van der Waals surface area contributed by atoms with Crippen LogP contribution >= 0.6 is 0 Å². The lowest BCUT2D eigenvalue weighted by Gasteiger charge is -2.23. The zero-order chi connectivity index (χ0) is 29.5. The average Bonchev–Trinajstić information content (AvgIpc) is 3.00. The lowest BCUT2D eigenvalue weighted by Crippen LogP contribution is -2.37. The van der Waals surface area contributed by atoms with Gasteiger partial charge in [0.2, 0.25) is 0 Å². The van der Waals surface area contributed by atoms with Gasteiger partial charge in [0, 0.05) is 36.8 Å². The largest absolute Gasteiger partial charge is 0.493 e. The molecule has 0 spiro atoms. The van der Waals surface area contributed by atoms with Crippen LogP contribution < -0.4 is 18.9 Å². The van der Waals surface area contributed by atoms with E-state index >= 15 is 4.39 Å². The summed E-state index contributed by atoms with van der Waals surface area (Å²) < 4.78 is 62.8. The van der Waals surface area contributed by atoms with E-state index in [1.807, 2.05) is 60.7 Å². The number of pyridine rings is 1. The van der Waals surface area contributed by atoms with Gasteiger partial charge in [0.15, 0.2) is 23.1 Å². The SMILES string of the molecule is COc1cc2nccc(Oc3ccc(NS(=O)(=O)N(CCc4ccccc4)Cc4ccccc4)cc3F)c2cc1OC. The third kappa shape index (κ3) is 6.79. The number of fused-ring (bicyclic) bond motifs is 1. The summed E-state index contributed by atoms with van der Waals surface area (Å²) in [7, 11) is -0.990. The van der Waals surface area contributed by atoms with Crippen molar-refractivity contribution in [1.29, 1.82) is 0 Å². The lowest BCUT2D eigenvalue weighted by atomic mass is 10.1. The van der Waals surface area contributed by atoms with E-state index in [0.29, 0.717) is 34.6 Å². The van der Waals surface area contributed by atoms with E-state index in [1.54, 1.807) is 24.4 Å². The third-order valence-electron chi connectivity index (χ3n) is 6.64. The zero-order valence-corrected chi connectivity index (χ0v) is 24.0. The minimum atomic E-state index is -4.03. The first-order chi connectivity index (χ1) is 20.4. The van der Waals surface area contributed by atoms with Crippen molar-refractivity contribution in [1.82, 2.24) is 9.29 Å². The molecule has 1 N–H and O–H groups in total. The summed E-state index contributed by atoms with van der Waals surface area (Å²) in [5, 5.41) is 0.592. The number of methoxy groups -OCH3 is 2. The predicted molar refractivity (Wildman–Crippen MR) is 161 cm³/mol. The van der Waals surface area contributed by atoms with Crippen LogP contribution in [0.3, 0.4) is 0 Å². The molecule has 0 atom stereocenters. The fraction of sp³-hybridized carbons (Fsp3) is 0.156. The van der Waals surface area contributed by atoms with Crippen molar-refractivity contribution >= 4 is 26.8 Å². The molecule has 10 heteroatoms. The first-order valence-electron chi connectivity index (χ1n) is 13.2. The monoisotopic (exact) mass is 587 g/mol. The van der Waals surface area contributed by atoms with Crippen LogP contribution in [0.5, 0.6) is 23.0 Å². The Bertz CT molecular complexity index is 1770. The van der Waals surface area contributed by atoms with Gasteiger partial charge in [-0.2, -0.15) is 12.7 Å². The van der Waals surface area contributed by atoms with Gasteiger partial charge in [0.25, 0.3) is 0 Å². The van der Waals surface area contributed by atoms with Gasteiger partial charge in [-0.05, 0) is 41.8 Å². The number of nitrogens with one attached hydrogen (secondary N) is 1. The number of halogens is 1. The molecule has 0 fully saturated rings. The summed E-state index contributed by atoms with van der Waals surface area (Å²) in [6.07, 6.45) is 2.06. The van der Waals surface area contributed by atoms with E-state index in [0.717, 1.165) is 17.2 Å². The fourth-order valence-electron chi connectivity index (χ4n) is 4.49. The molecular formula is C32H30FN3O5S. The second-order valence-corrected chi connectivity index (χ2v) is 11.1. The summed E-state index contributed by atoms with van der Waals surface area (Å²) in [4.78, 5) is 4.33. The van der Waals surface area contributed by atoms with Crippen molar-refractivity contribution in [3.8, 4) is 23.0 Å². The smallest absolute Gasteiger partial charge is 0.301 e. The Morgan fingerprint density at radius 3 is 2.12 bits per heavy atom. The Balaban J connectivity index is 1.36. The topological polar surface area (TPSA) is 90.0 Å². The maximum Gasteiger partial charge on any atom is 0.301 e. The number of nitrogens with zero attached hydrogens (tertiary/aromatic N) is 2. The summed E-state index contributed by atoms with van der Waals surface area (Å²) in [6, 6.07) is 27.9. The predicted octanol–water partition coefficient (Wildman–Crippen LogP) is 6.59. The van der Waals surface area contributed by atoms with Crippen molar-refractivity contribution in [2.75, 3.05) is 25.5 Å². The van der Waals surface area contributed by atoms with Gasteiger partial charge >= 0.3 is 10.2 Å². The Hall–Kier alpha value is -4.67. The summed E-state index contributed by atoms with van der Waals surface area (Å²) in [5.74, 6) is 0.510. The fourth-order valence-corrected chi connectivity index (χ4v) is 5.69. The van der Waals surface area contributed by atoms with Crippen LogP contribution in [0.1, 0.15) is 11.1 Å². The van der Waals surface area contributed by atoms with Crippen molar-refractivity contribution in [3.63, 3.8) is 0 Å². The minimum Gasteiger partial charge on any atom is -0.493 e. The van der Waals surface area contributed by atoms with E-state index in [4.69, 9.17) is 14.2 Å². The Morgan fingerprint density at radius 1 is 0.786 bits per heavy atom. The quantitative estimate of drug-likeness (QED) is 0.177. The van der Waals surface area contributed by atoms with Crippen LogP contribution in [-0.4, -0.2) is 38.5 Å². The van der Waals surface area contributed by atoms with Crippen molar-refractivity contribution in [2.24, 2.45) is 0 Å². The molecule has 0 saturated carbocycles. The molecule has 5 aromatic rings. The summed E-state index contributed by atoms with van der Waals surface area (Å²) >= 11 is 0. The molecule has 0 aliphatic rings. The van der Waals surface area contributed by atoms with Crippen LogP contribution in [0.2, 0.25) is 0 Å². The molecule has 42 heavy (non-hydrogen) atoms. The van der Waals surface area contributed by atoms with Crippen LogP contribution in [0.25, 0.3) is 10.9 Å². The highest BCUT2D eigenvalue weighted by molar-refractivity contribution is 7.90. The molecule has 8 nitrogen and oxygen atoms in total. The number of ether oxygens (including phenoxy) is 3. The normalized spacial score (nSPS) is 11.4. The van der Waals surface area contributed by atoms with E-state index in [2.05, 4.69) is 9.71 Å². The molecule has 0 radical (unpaired) electrons. The Labute approximate surface area is 244 Å². The molecule has 0 saturated heterocycles. The molecule has 5 rings (SSSR count). The number of anilines is 1. The van der Waals surface area contributed by atoms with Gasteiger partial charge < -0.3 is 14.2 Å². The number of rotatable bonds is 12. The minimum absolute atomic E-state index is 0.0728. The second kappa shape index (κ2) is 12.9. The Kier molecular flexibility index (Phi) is 8.85. The number of hydrogen-bond acceptors (Lipinski definition) is 6.